The molecule has 3 nitrogen and oxygen atoms in total. The first-order valence-corrected chi connectivity index (χ1v) is 7.33. The zero-order valence-electron chi connectivity index (χ0n) is 11.9. The summed E-state index contributed by atoms with van der Waals surface area (Å²) in [5, 5.41) is 8.98. The molecular weight excluding hydrogens is 246 g/mol. The number of aromatic nitrogens is 2. The van der Waals surface area contributed by atoms with Crippen LogP contribution in [0.4, 0.5) is 0 Å². The van der Waals surface area contributed by atoms with E-state index < -0.39 is 0 Å². The van der Waals surface area contributed by atoms with Gasteiger partial charge in [-0.1, -0.05) is 32.4 Å². The summed E-state index contributed by atoms with van der Waals surface area (Å²) in [6.07, 6.45) is 4.52. The van der Waals surface area contributed by atoms with Gasteiger partial charge in [0.05, 0.1) is 16.4 Å². The maximum Gasteiger partial charge on any atom is 0.0850 e. The van der Waals surface area contributed by atoms with Gasteiger partial charge in [0.1, 0.15) is 0 Å². The lowest BCUT2D eigenvalue weighted by atomic mass is 9.94. The van der Waals surface area contributed by atoms with Crippen molar-refractivity contribution in [2.24, 2.45) is 12.5 Å². The topological polar surface area (TPSA) is 29.9 Å². The van der Waals surface area contributed by atoms with Crippen LogP contribution in [0, 0.1) is 5.41 Å². The van der Waals surface area contributed by atoms with Crippen LogP contribution in [-0.4, -0.2) is 22.4 Å². The molecule has 102 valence electrons. The molecule has 0 saturated heterocycles. The predicted molar refractivity (Wildman–Crippen MR) is 76.1 cm³/mol. The number of hydrogen-bond donors (Lipinski definition) is 1. The molecule has 0 bridgehead atoms. The molecule has 1 aromatic heterocycles. The average Bonchev–Trinajstić information content (AvgIpc) is 3.03. The molecule has 4 heteroatoms. The minimum atomic E-state index is 0.454. The molecule has 2 rings (SSSR count). The van der Waals surface area contributed by atoms with Crippen molar-refractivity contribution in [2.45, 2.75) is 52.5 Å². The predicted octanol–water partition coefficient (Wildman–Crippen LogP) is 2.96. The first-order valence-electron chi connectivity index (χ1n) is 6.95. The van der Waals surface area contributed by atoms with Crippen molar-refractivity contribution in [3.05, 3.63) is 16.4 Å². The maximum atomic E-state index is 6.43. The lowest BCUT2D eigenvalue weighted by Crippen LogP contribution is -2.38. The van der Waals surface area contributed by atoms with Gasteiger partial charge < -0.3 is 5.32 Å². The Morgan fingerprint density at radius 3 is 2.56 bits per heavy atom. The Balaban J connectivity index is 2.18. The van der Waals surface area contributed by atoms with Crippen LogP contribution in [0.3, 0.4) is 0 Å². The van der Waals surface area contributed by atoms with Crippen LogP contribution < -0.4 is 5.32 Å². The van der Waals surface area contributed by atoms with Gasteiger partial charge in [-0.2, -0.15) is 5.10 Å². The molecule has 1 heterocycles. The van der Waals surface area contributed by atoms with E-state index in [1.807, 2.05) is 11.7 Å². The van der Waals surface area contributed by atoms with Gasteiger partial charge in [0.25, 0.3) is 0 Å². The van der Waals surface area contributed by atoms with Crippen LogP contribution in [0.2, 0.25) is 5.02 Å². The van der Waals surface area contributed by atoms with E-state index in [1.165, 1.54) is 18.5 Å². The van der Waals surface area contributed by atoms with Crippen molar-refractivity contribution < 1.29 is 0 Å². The second-order valence-electron chi connectivity index (χ2n) is 5.65. The Bertz CT molecular complexity index is 421. The molecule has 1 N–H and O–H groups in total. The second kappa shape index (κ2) is 5.22. The van der Waals surface area contributed by atoms with Gasteiger partial charge in [0.2, 0.25) is 0 Å². The van der Waals surface area contributed by atoms with Crippen molar-refractivity contribution in [1.82, 2.24) is 15.1 Å². The van der Waals surface area contributed by atoms with Gasteiger partial charge >= 0.3 is 0 Å². The van der Waals surface area contributed by atoms with Crippen LogP contribution in [0.25, 0.3) is 0 Å². The van der Waals surface area contributed by atoms with Crippen molar-refractivity contribution >= 4 is 11.6 Å². The molecule has 1 aliphatic carbocycles. The number of hydrogen-bond acceptors (Lipinski definition) is 2. The fraction of sp³-hybridized carbons (Fsp3) is 0.786. The van der Waals surface area contributed by atoms with Gasteiger partial charge in [-0.15, -0.1) is 0 Å². The normalized spacial score (nSPS) is 18.9. The number of nitrogens with zero attached hydrogens (tertiary/aromatic N) is 2. The van der Waals surface area contributed by atoms with Crippen molar-refractivity contribution in [1.29, 1.82) is 0 Å². The minimum absolute atomic E-state index is 0.454. The highest BCUT2D eigenvalue weighted by atomic mass is 35.5. The highest BCUT2D eigenvalue weighted by molar-refractivity contribution is 6.31. The summed E-state index contributed by atoms with van der Waals surface area (Å²) >= 11 is 6.43. The molecule has 1 saturated carbocycles. The molecule has 1 fully saturated rings. The van der Waals surface area contributed by atoms with Crippen LogP contribution in [0.15, 0.2) is 0 Å². The summed E-state index contributed by atoms with van der Waals surface area (Å²) in [6, 6.07) is 0.514. The summed E-state index contributed by atoms with van der Waals surface area (Å²) in [5.41, 5.74) is 2.65. The minimum Gasteiger partial charge on any atom is -0.313 e. The SMILES string of the molecule is CCNC(Cc1c(Cl)c(CC)nn1C)C1(C)CC1. The summed E-state index contributed by atoms with van der Waals surface area (Å²) in [6.45, 7) is 7.64. The van der Waals surface area contributed by atoms with Crippen molar-refractivity contribution in [2.75, 3.05) is 6.54 Å². The molecule has 0 amide bonds. The Labute approximate surface area is 115 Å². The number of aryl methyl sites for hydroxylation is 2. The zero-order chi connectivity index (χ0) is 13.3. The molecule has 1 aromatic rings. The van der Waals surface area contributed by atoms with E-state index in [4.69, 9.17) is 11.6 Å². The number of likely N-dealkylation sites (N-methyl/N-ethyl adjacent to an activating group) is 1. The first-order chi connectivity index (χ1) is 8.51. The third-order valence-corrected chi connectivity index (χ3v) is 4.67. The van der Waals surface area contributed by atoms with Crippen LogP contribution in [0.1, 0.15) is 45.0 Å². The molecule has 1 aliphatic rings. The van der Waals surface area contributed by atoms with Gasteiger partial charge in [0, 0.05) is 19.5 Å². The Hall–Kier alpha value is -0.540. The van der Waals surface area contributed by atoms with E-state index in [0.29, 0.717) is 11.5 Å². The lowest BCUT2D eigenvalue weighted by Gasteiger charge is -2.24. The average molecular weight is 270 g/mol. The Morgan fingerprint density at radius 2 is 2.11 bits per heavy atom. The summed E-state index contributed by atoms with van der Waals surface area (Å²) in [5.74, 6) is 0. The quantitative estimate of drug-likeness (QED) is 0.861. The second-order valence-corrected chi connectivity index (χ2v) is 6.03. The summed E-state index contributed by atoms with van der Waals surface area (Å²) in [4.78, 5) is 0. The highest BCUT2D eigenvalue weighted by Gasteiger charge is 2.44. The van der Waals surface area contributed by atoms with E-state index in [9.17, 15) is 0 Å². The number of rotatable bonds is 6. The Morgan fingerprint density at radius 1 is 1.44 bits per heavy atom. The third kappa shape index (κ3) is 2.57. The van der Waals surface area contributed by atoms with Crippen molar-refractivity contribution in [3.8, 4) is 0 Å². The summed E-state index contributed by atoms with van der Waals surface area (Å²) < 4.78 is 1.96. The lowest BCUT2D eigenvalue weighted by molar-refractivity contribution is 0.354. The number of nitrogens with one attached hydrogen (secondary N) is 1. The van der Waals surface area contributed by atoms with Crippen LogP contribution in [-0.2, 0) is 19.9 Å². The number of halogens is 1. The van der Waals surface area contributed by atoms with Gasteiger partial charge in [-0.3, -0.25) is 4.68 Å². The zero-order valence-corrected chi connectivity index (χ0v) is 12.6. The monoisotopic (exact) mass is 269 g/mol. The fourth-order valence-electron chi connectivity index (χ4n) is 2.59. The van der Waals surface area contributed by atoms with E-state index in [0.717, 1.165) is 30.1 Å². The van der Waals surface area contributed by atoms with E-state index in [-0.39, 0.29) is 0 Å². The smallest absolute Gasteiger partial charge is 0.0850 e. The molecule has 1 unspecified atom stereocenters. The van der Waals surface area contributed by atoms with Gasteiger partial charge in [-0.25, -0.2) is 0 Å². The highest BCUT2D eigenvalue weighted by Crippen LogP contribution is 2.49. The molecule has 0 aromatic carbocycles. The van der Waals surface area contributed by atoms with E-state index >= 15 is 0 Å². The largest absolute Gasteiger partial charge is 0.313 e. The van der Waals surface area contributed by atoms with Crippen LogP contribution >= 0.6 is 11.6 Å². The first kappa shape index (κ1) is 13.9. The van der Waals surface area contributed by atoms with Gasteiger partial charge in [-0.05, 0) is 31.2 Å². The maximum absolute atomic E-state index is 6.43. The molecule has 0 aliphatic heterocycles. The van der Waals surface area contributed by atoms with E-state index in [1.54, 1.807) is 0 Å². The van der Waals surface area contributed by atoms with Crippen LogP contribution in [0.5, 0.6) is 0 Å². The standard InChI is InChI=1S/C14H24ClN3/c1-5-10-13(15)11(18(4)17-10)9-12(16-6-2)14(3)7-8-14/h12,16H,5-9H2,1-4H3. The van der Waals surface area contributed by atoms with Gasteiger partial charge in [0.15, 0.2) is 0 Å². The molecule has 0 radical (unpaired) electrons. The molecule has 0 spiro atoms. The molecular formula is C14H24ClN3. The molecule has 1 atom stereocenters. The Kier molecular flexibility index (Phi) is 4.02. The van der Waals surface area contributed by atoms with Crippen molar-refractivity contribution in [3.63, 3.8) is 0 Å². The summed E-state index contributed by atoms with van der Waals surface area (Å²) in [7, 11) is 2.00. The third-order valence-electron chi connectivity index (χ3n) is 4.23. The fourth-order valence-corrected chi connectivity index (χ4v) is 2.96. The molecule has 18 heavy (non-hydrogen) atoms. The van der Waals surface area contributed by atoms with E-state index in [2.05, 4.69) is 31.2 Å².